The van der Waals surface area contributed by atoms with Crippen LogP contribution in [0.1, 0.15) is 29.9 Å². The van der Waals surface area contributed by atoms with Gasteiger partial charge in [-0.25, -0.2) is 4.98 Å². The lowest BCUT2D eigenvalue weighted by Gasteiger charge is -2.13. The first kappa shape index (κ1) is 13.7. The summed E-state index contributed by atoms with van der Waals surface area (Å²) in [6, 6.07) is 8.15. The maximum Gasteiger partial charge on any atom is 0.0890 e. The number of rotatable bonds is 4. The van der Waals surface area contributed by atoms with Crippen LogP contribution in [0.3, 0.4) is 0 Å². The molecule has 1 atom stereocenters. The molecule has 0 aliphatic heterocycles. The molecule has 5 heteroatoms. The molecule has 0 amide bonds. The quantitative estimate of drug-likeness (QED) is 0.798. The van der Waals surface area contributed by atoms with Crippen LogP contribution in [0.15, 0.2) is 36.7 Å². The van der Waals surface area contributed by atoms with Crippen molar-refractivity contribution >= 4 is 11.0 Å². The Morgan fingerprint density at radius 1 is 1.19 bits per heavy atom. The van der Waals surface area contributed by atoms with Crippen molar-refractivity contribution in [3.8, 4) is 0 Å². The first-order valence-corrected chi connectivity index (χ1v) is 7.07. The first-order chi connectivity index (χ1) is 10.1. The van der Waals surface area contributed by atoms with Crippen LogP contribution in [0, 0.1) is 6.92 Å². The van der Waals surface area contributed by atoms with Crippen LogP contribution in [0.2, 0.25) is 0 Å². The van der Waals surface area contributed by atoms with E-state index in [4.69, 9.17) is 0 Å². The van der Waals surface area contributed by atoms with E-state index in [9.17, 15) is 0 Å². The number of hydrogen-bond acceptors (Lipinski definition) is 4. The summed E-state index contributed by atoms with van der Waals surface area (Å²) >= 11 is 0. The summed E-state index contributed by atoms with van der Waals surface area (Å²) in [7, 11) is 1.96. The molecule has 0 saturated carbocycles. The molecule has 0 saturated heterocycles. The standard InChI is InChI=1S/C16H19N5/c1-11(14-10-19-21(3)12(14)2)17-8-13-9-18-15-6-4-5-7-16(15)20-13/h4-7,9-11,17H,8H2,1-3H3. The van der Waals surface area contributed by atoms with E-state index < -0.39 is 0 Å². The van der Waals surface area contributed by atoms with Gasteiger partial charge in [-0.3, -0.25) is 9.67 Å². The van der Waals surface area contributed by atoms with Crippen molar-refractivity contribution in [2.75, 3.05) is 0 Å². The molecular weight excluding hydrogens is 262 g/mol. The second-order valence-corrected chi connectivity index (χ2v) is 5.26. The molecule has 1 unspecified atom stereocenters. The number of para-hydroxylation sites is 2. The molecule has 2 heterocycles. The molecule has 0 aliphatic carbocycles. The summed E-state index contributed by atoms with van der Waals surface area (Å²) in [5.41, 5.74) is 5.20. The van der Waals surface area contributed by atoms with Gasteiger partial charge < -0.3 is 5.32 Å². The third kappa shape index (κ3) is 2.78. The van der Waals surface area contributed by atoms with E-state index in [1.54, 1.807) is 0 Å². The van der Waals surface area contributed by atoms with Gasteiger partial charge in [-0.2, -0.15) is 5.10 Å². The zero-order chi connectivity index (χ0) is 14.8. The molecule has 108 valence electrons. The fraction of sp³-hybridized carbons (Fsp3) is 0.312. The fourth-order valence-electron chi connectivity index (χ4n) is 2.39. The summed E-state index contributed by atoms with van der Waals surface area (Å²) in [6.07, 6.45) is 3.75. The third-order valence-electron chi connectivity index (χ3n) is 3.83. The second kappa shape index (κ2) is 5.61. The molecular formula is C16H19N5. The summed E-state index contributed by atoms with van der Waals surface area (Å²) < 4.78 is 1.89. The Balaban J connectivity index is 1.72. The van der Waals surface area contributed by atoms with E-state index in [0.29, 0.717) is 6.54 Å². The highest BCUT2D eigenvalue weighted by Gasteiger charge is 2.11. The summed E-state index contributed by atoms with van der Waals surface area (Å²) in [4.78, 5) is 9.06. The zero-order valence-electron chi connectivity index (χ0n) is 12.5. The molecule has 1 aromatic carbocycles. The Morgan fingerprint density at radius 3 is 2.67 bits per heavy atom. The highest BCUT2D eigenvalue weighted by molar-refractivity contribution is 5.73. The number of nitrogens with one attached hydrogen (secondary N) is 1. The second-order valence-electron chi connectivity index (χ2n) is 5.26. The van der Waals surface area contributed by atoms with E-state index in [0.717, 1.165) is 16.7 Å². The van der Waals surface area contributed by atoms with E-state index in [1.807, 2.05) is 48.4 Å². The van der Waals surface area contributed by atoms with Crippen molar-refractivity contribution in [2.24, 2.45) is 7.05 Å². The molecule has 1 N–H and O–H groups in total. The van der Waals surface area contributed by atoms with Crippen molar-refractivity contribution in [2.45, 2.75) is 26.4 Å². The topological polar surface area (TPSA) is 55.6 Å². The van der Waals surface area contributed by atoms with Crippen LogP contribution in [-0.2, 0) is 13.6 Å². The number of benzene rings is 1. The van der Waals surface area contributed by atoms with Crippen LogP contribution in [-0.4, -0.2) is 19.7 Å². The van der Waals surface area contributed by atoms with Crippen molar-refractivity contribution in [1.82, 2.24) is 25.1 Å². The lowest BCUT2D eigenvalue weighted by Crippen LogP contribution is -2.19. The van der Waals surface area contributed by atoms with E-state index in [2.05, 4.69) is 34.2 Å². The van der Waals surface area contributed by atoms with Crippen LogP contribution >= 0.6 is 0 Å². The van der Waals surface area contributed by atoms with Crippen LogP contribution in [0.25, 0.3) is 11.0 Å². The van der Waals surface area contributed by atoms with Gasteiger partial charge in [-0.15, -0.1) is 0 Å². The van der Waals surface area contributed by atoms with Crippen LogP contribution in [0.5, 0.6) is 0 Å². The number of nitrogens with zero attached hydrogens (tertiary/aromatic N) is 4. The molecule has 3 aromatic rings. The minimum Gasteiger partial charge on any atom is -0.304 e. The Bertz CT molecular complexity index is 762. The third-order valence-corrected chi connectivity index (χ3v) is 3.83. The van der Waals surface area contributed by atoms with Gasteiger partial charge in [-0.1, -0.05) is 12.1 Å². The molecule has 0 fully saturated rings. The maximum absolute atomic E-state index is 4.62. The van der Waals surface area contributed by atoms with E-state index in [-0.39, 0.29) is 6.04 Å². The summed E-state index contributed by atoms with van der Waals surface area (Å²) in [6.45, 7) is 4.90. The first-order valence-electron chi connectivity index (χ1n) is 7.07. The molecule has 3 rings (SSSR count). The number of hydrogen-bond donors (Lipinski definition) is 1. The maximum atomic E-state index is 4.62. The lowest BCUT2D eigenvalue weighted by atomic mass is 10.1. The molecule has 0 spiro atoms. The Labute approximate surface area is 124 Å². The van der Waals surface area contributed by atoms with Crippen molar-refractivity contribution in [1.29, 1.82) is 0 Å². The lowest BCUT2D eigenvalue weighted by molar-refractivity contribution is 0.564. The van der Waals surface area contributed by atoms with Gasteiger partial charge in [0.1, 0.15) is 0 Å². The number of aryl methyl sites for hydroxylation is 1. The smallest absolute Gasteiger partial charge is 0.0890 e. The minimum atomic E-state index is 0.229. The van der Waals surface area contributed by atoms with Gasteiger partial charge in [0.05, 0.1) is 29.1 Å². The van der Waals surface area contributed by atoms with Gasteiger partial charge in [-0.05, 0) is 26.0 Å². The number of fused-ring (bicyclic) bond motifs is 1. The fourth-order valence-corrected chi connectivity index (χ4v) is 2.39. The zero-order valence-corrected chi connectivity index (χ0v) is 12.5. The Kier molecular flexibility index (Phi) is 3.66. The number of aromatic nitrogens is 4. The molecule has 0 bridgehead atoms. The van der Waals surface area contributed by atoms with Crippen molar-refractivity contribution in [3.05, 3.63) is 53.6 Å². The van der Waals surface area contributed by atoms with Crippen LogP contribution in [0.4, 0.5) is 0 Å². The molecule has 0 aliphatic rings. The Hall–Kier alpha value is -2.27. The minimum absolute atomic E-state index is 0.229. The van der Waals surface area contributed by atoms with Gasteiger partial charge in [0.15, 0.2) is 0 Å². The van der Waals surface area contributed by atoms with E-state index in [1.165, 1.54) is 11.3 Å². The highest BCUT2D eigenvalue weighted by Crippen LogP contribution is 2.16. The predicted molar refractivity (Wildman–Crippen MR) is 82.7 cm³/mol. The Morgan fingerprint density at radius 2 is 1.95 bits per heavy atom. The molecule has 21 heavy (non-hydrogen) atoms. The SMILES string of the molecule is Cc1c(C(C)NCc2cnc3ccccc3n2)cnn1C. The summed E-state index contributed by atoms with van der Waals surface area (Å²) in [5, 5.41) is 7.76. The van der Waals surface area contributed by atoms with Gasteiger partial charge in [0, 0.05) is 30.9 Å². The van der Waals surface area contributed by atoms with Gasteiger partial charge >= 0.3 is 0 Å². The van der Waals surface area contributed by atoms with Gasteiger partial charge in [0.2, 0.25) is 0 Å². The monoisotopic (exact) mass is 281 g/mol. The van der Waals surface area contributed by atoms with E-state index >= 15 is 0 Å². The van der Waals surface area contributed by atoms with Crippen LogP contribution < -0.4 is 5.32 Å². The molecule has 5 nitrogen and oxygen atoms in total. The average Bonchev–Trinajstić information content (AvgIpc) is 2.84. The van der Waals surface area contributed by atoms with Crippen molar-refractivity contribution < 1.29 is 0 Å². The predicted octanol–water partition coefficient (Wildman–Crippen LogP) is 2.52. The normalized spacial score (nSPS) is 12.7. The summed E-state index contributed by atoms with van der Waals surface area (Å²) in [5.74, 6) is 0. The van der Waals surface area contributed by atoms with Gasteiger partial charge in [0.25, 0.3) is 0 Å². The largest absolute Gasteiger partial charge is 0.304 e. The van der Waals surface area contributed by atoms with Crippen molar-refractivity contribution in [3.63, 3.8) is 0 Å². The highest BCUT2D eigenvalue weighted by atomic mass is 15.3. The average molecular weight is 281 g/mol. The molecule has 0 radical (unpaired) electrons. The molecule has 2 aromatic heterocycles.